The fraction of sp³-hybridized carbons (Fsp3) is 0.889. The van der Waals surface area contributed by atoms with Gasteiger partial charge in [0.25, 0.3) is 0 Å². The molecule has 0 amide bonds. The van der Waals surface area contributed by atoms with Crippen molar-refractivity contribution in [3.63, 3.8) is 0 Å². The minimum atomic E-state index is -0.261. The molecule has 2 fully saturated rings. The third-order valence-electron chi connectivity index (χ3n) is 5.81. The summed E-state index contributed by atoms with van der Waals surface area (Å²) in [5.41, 5.74) is 1.32. The first-order chi connectivity index (χ1) is 10.6. The number of aliphatic hydroxyl groups is 2. The van der Waals surface area contributed by atoms with Crippen molar-refractivity contribution in [3.05, 3.63) is 11.8 Å². The van der Waals surface area contributed by atoms with Crippen molar-refractivity contribution in [2.24, 2.45) is 5.92 Å². The molecule has 1 saturated carbocycles. The fourth-order valence-corrected chi connectivity index (χ4v) is 4.47. The van der Waals surface area contributed by atoms with Crippen molar-refractivity contribution in [1.82, 2.24) is 9.80 Å². The molecule has 126 valence electrons. The van der Waals surface area contributed by atoms with Gasteiger partial charge >= 0.3 is 0 Å². The molecule has 3 aliphatic rings. The Bertz CT molecular complexity index is 393. The number of piperazine rings is 1. The Morgan fingerprint density at radius 3 is 2.55 bits per heavy atom. The number of hydrogen-bond acceptors (Lipinski definition) is 4. The van der Waals surface area contributed by atoms with Crippen LogP contribution >= 0.6 is 0 Å². The summed E-state index contributed by atoms with van der Waals surface area (Å²) >= 11 is 0. The number of nitrogens with zero attached hydrogens (tertiary/aromatic N) is 2. The Kier molecular flexibility index (Phi) is 5.42. The van der Waals surface area contributed by atoms with E-state index in [1.807, 2.05) is 6.08 Å². The first-order valence-electron chi connectivity index (χ1n) is 9.22. The molecule has 3 rings (SSSR count). The SMILES string of the molecule is C[C@@H]1CN(C2=CC(O)CCC2)CCN1C(O)C1CCCCC1. The minimum Gasteiger partial charge on any atom is -0.389 e. The molecule has 22 heavy (non-hydrogen) atoms. The number of rotatable bonds is 3. The van der Waals surface area contributed by atoms with Gasteiger partial charge < -0.3 is 15.1 Å². The Balaban J connectivity index is 1.57. The van der Waals surface area contributed by atoms with E-state index in [1.165, 1.54) is 37.8 Å². The topological polar surface area (TPSA) is 46.9 Å². The lowest BCUT2D eigenvalue weighted by Gasteiger charge is -2.46. The average molecular weight is 308 g/mol. The van der Waals surface area contributed by atoms with Crippen LogP contribution < -0.4 is 0 Å². The Hall–Kier alpha value is -0.580. The highest BCUT2D eigenvalue weighted by Crippen LogP contribution is 2.31. The molecular formula is C18H32N2O2. The second kappa shape index (κ2) is 7.33. The van der Waals surface area contributed by atoms with Crippen LogP contribution in [0.15, 0.2) is 11.8 Å². The van der Waals surface area contributed by atoms with Gasteiger partial charge in [0.1, 0.15) is 6.23 Å². The molecule has 0 aromatic rings. The molecule has 1 heterocycles. The van der Waals surface area contributed by atoms with Gasteiger partial charge in [0.05, 0.1) is 6.10 Å². The summed E-state index contributed by atoms with van der Waals surface area (Å²) in [6.07, 6.45) is 10.9. The highest BCUT2D eigenvalue weighted by molar-refractivity contribution is 5.09. The van der Waals surface area contributed by atoms with Gasteiger partial charge in [0, 0.05) is 31.4 Å². The predicted molar refractivity (Wildman–Crippen MR) is 88.3 cm³/mol. The zero-order valence-electron chi connectivity index (χ0n) is 14.0. The maximum absolute atomic E-state index is 10.8. The standard InChI is InChI=1S/C18H32N2O2/c1-14-13-19(16-8-5-9-17(21)12-16)10-11-20(14)18(22)15-6-3-2-4-7-15/h12,14-15,17-18,21-22H,2-11,13H2,1H3/t14-,17?,18?/m1/s1. The lowest BCUT2D eigenvalue weighted by molar-refractivity contribution is -0.0895. The fourth-order valence-electron chi connectivity index (χ4n) is 4.47. The van der Waals surface area contributed by atoms with E-state index >= 15 is 0 Å². The van der Waals surface area contributed by atoms with E-state index in [0.717, 1.165) is 38.9 Å². The van der Waals surface area contributed by atoms with Crippen LogP contribution in [-0.2, 0) is 0 Å². The van der Waals surface area contributed by atoms with Crippen LogP contribution in [0.3, 0.4) is 0 Å². The zero-order valence-corrected chi connectivity index (χ0v) is 14.0. The normalized spacial score (nSPS) is 33.6. The van der Waals surface area contributed by atoms with E-state index in [2.05, 4.69) is 16.7 Å². The van der Waals surface area contributed by atoms with Gasteiger partial charge in [-0.3, -0.25) is 4.90 Å². The molecule has 4 nitrogen and oxygen atoms in total. The lowest BCUT2D eigenvalue weighted by atomic mass is 9.87. The van der Waals surface area contributed by atoms with Crippen LogP contribution in [-0.4, -0.2) is 58.0 Å². The maximum Gasteiger partial charge on any atom is 0.110 e. The van der Waals surface area contributed by atoms with Gasteiger partial charge in [-0.05, 0) is 51.0 Å². The van der Waals surface area contributed by atoms with Crippen molar-refractivity contribution in [2.75, 3.05) is 19.6 Å². The molecule has 0 aromatic heterocycles. The summed E-state index contributed by atoms with van der Waals surface area (Å²) in [5, 5.41) is 20.6. The summed E-state index contributed by atoms with van der Waals surface area (Å²) in [7, 11) is 0. The smallest absolute Gasteiger partial charge is 0.110 e. The first-order valence-corrected chi connectivity index (χ1v) is 9.22. The first kappa shape index (κ1) is 16.3. The van der Waals surface area contributed by atoms with Crippen LogP contribution in [0.5, 0.6) is 0 Å². The second-order valence-corrected chi connectivity index (χ2v) is 7.46. The molecule has 1 saturated heterocycles. The van der Waals surface area contributed by atoms with E-state index in [4.69, 9.17) is 0 Å². The molecule has 0 aromatic carbocycles. The third-order valence-corrected chi connectivity index (χ3v) is 5.81. The Morgan fingerprint density at radius 2 is 1.86 bits per heavy atom. The Labute approximate surface area is 134 Å². The van der Waals surface area contributed by atoms with Crippen LogP contribution in [0.4, 0.5) is 0 Å². The molecule has 1 aliphatic heterocycles. The second-order valence-electron chi connectivity index (χ2n) is 7.46. The Morgan fingerprint density at radius 1 is 1.09 bits per heavy atom. The molecule has 2 aliphatic carbocycles. The quantitative estimate of drug-likeness (QED) is 0.840. The van der Waals surface area contributed by atoms with Crippen molar-refractivity contribution >= 4 is 0 Å². The van der Waals surface area contributed by atoms with Crippen molar-refractivity contribution in [2.45, 2.75) is 76.7 Å². The molecule has 2 unspecified atom stereocenters. The molecule has 0 bridgehead atoms. The van der Waals surface area contributed by atoms with Crippen LogP contribution in [0.1, 0.15) is 58.3 Å². The summed E-state index contributed by atoms with van der Waals surface area (Å²) < 4.78 is 0. The number of aliphatic hydroxyl groups excluding tert-OH is 2. The number of allylic oxidation sites excluding steroid dienone is 1. The monoisotopic (exact) mass is 308 g/mol. The van der Waals surface area contributed by atoms with Gasteiger partial charge in [-0.15, -0.1) is 0 Å². The van der Waals surface area contributed by atoms with E-state index in [1.54, 1.807) is 0 Å². The summed E-state index contributed by atoms with van der Waals surface area (Å²) in [4.78, 5) is 4.74. The highest BCUT2D eigenvalue weighted by Gasteiger charge is 2.34. The van der Waals surface area contributed by atoms with Gasteiger partial charge in [-0.25, -0.2) is 0 Å². The van der Waals surface area contributed by atoms with Gasteiger partial charge in [-0.2, -0.15) is 0 Å². The predicted octanol–water partition coefficient (Wildman–Crippen LogP) is 2.32. The third kappa shape index (κ3) is 3.66. The average Bonchev–Trinajstić information content (AvgIpc) is 2.55. The molecule has 0 radical (unpaired) electrons. The van der Waals surface area contributed by atoms with E-state index in [9.17, 15) is 10.2 Å². The molecule has 2 N–H and O–H groups in total. The summed E-state index contributed by atoms with van der Waals surface area (Å²) in [5.74, 6) is 0.471. The molecular weight excluding hydrogens is 276 g/mol. The van der Waals surface area contributed by atoms with E-state index in [0.29, 0.717) is 12.0 Å². The van der Waals surface area contributed by atoms with E-state index < -0.39 is 0 Å². The number of hydrogen-bond donors (Lipinski definition) is 2. The van der Waals surface area contributed by atoms with Crippen LogP contribution in [0.2, 0.25) is 0 Å². The van der Waals surface area contributed by atoms with Crippen molar-refractivity contribution in [1.29, 1.82) is 0 Å². The molecule has 0 spiro atoms. The van der Waals surface area contributed by atoms with E-state index in [-0.39, 0.29) is 12.3 Å². The summed E-state index contributed by atoms with van der Waals surface area (Å²) in [6.45, 7) is 5.12. The van der Waals surface area contributed by atoms with Crippen molar-refractivity contribution < 1.29 is 10.2 Å². The highest BCUT2D eigenvalue weighted by atomic mass is 16.3. The van der Waals surface area contributed by atoms with Gasteiger partial charge in [0.2, 0.25) is 0 Å². The van der Waals surface area contributed by atoms with Crippen LogP contribution in [0, 0.1) is 5.92 Å². The van der Waals surface area contributed by atoms with Crippen molar-refractivity contribution in [3.8, 4) is 0 Å². The van der Waals surface area contributed by atoms with Gasteiger partial charge in [-0.1, -0.05) is 19.3 Å². The summed E-state index contributed by atoms with van der Waals surface area (Å²) in [6, 6.07) is 0.380. The van der Waals surface area contributed by atoms with Gasteiger partial charge in [0.15, 0.2) is 0 Å². The molecule has 3 atom stereocenters. The zero-order chi connectivity index (χ0) is 15.5. The lowest BCUT2D eigenvalue weighted by Crippen LogP contribution is -2.57. The molecule has 4 heteroatoms. The maximum atomic E-state index is 10.8. The largest absolute Gasteiger partial charge is 0.389 e. The minimum absolute atomic E-state index is 0.259. The van der Waals surface area contributed by atoms with Crippen LogP contribution in [0.25, 0.3) is 0 Å².